The van der Waals surface area contributed by atoms with Crippen molar-refractivity contribution in [2.24, 2.45) is 0 Å². The molecule has 0 unspecified atom stereocenters. The molecule has 2 rings (SSSR count). The lowest BCUT2D eigenvalue weighted by Crippen LogP contribution is -2.23. The Balaban J connectivity index is 2.19. The molecule has 0 atom stereocenters. The maximum Gasteiger partial charge on any atom is 0.338 e. The number of ether oxygens (including phenoxy) is 1. The predicted octanol–water partition coefficient (Wildman–Crippen LogP) is 4.36. The Bertz CT molecular complexity index is 824. The number of benzene rings is 2. The van der Waals surface area contributed by atoms with Gasteiger partial charge in [-0.05, 0) is 70.8 Å². The van der Waals surface area contributed by atoms with Crippen LogP contribution in [0.2, 0.25) is 0 Å². The first-order valence-electron chi connectivity index (χ1n) is 8.57. The van der Waals surface area contributed by atoms with Crippen molar-refractivity contribution >= 4 is 23.0 Å². The molecule has 0 saturated heterocycles. The first-order valence-corrected chi connectivity index (χ1v) is 8.57. The van der Waals surface area contributed by atoms with Crippen LogP contribution < -0.4 is 5.32 Å². The van der Waals surface area contributed by atoms with Crippen molar-refractivity contribution < 1.29 is 14.5 Å². The molecule has 144 valence electrons. The van der Waals surface area contributed by atoms with Crippen molar-refractivity contribution in [1.82, 2.24) is 4.90 Å². The van der Waals surface area contributed by atoms with Gasteiger partial charge in [0.15, 0.2) is 0 Å². The van der Waals surface area contributed by atoms with Crippen molar-refractivity contribution in [3.63, 3.8) is 0 Å². The lowest BCUT2D eigenvalue weighted by Gasteiger charge is -2.19. The summed E-state index contributed by atoms with van der Waals surface area (Å²) < 4.78 is 5.32. The Hall–Kier alpha value is -2.93. The molecule has 2 aromatic carbocycles. The van der Waals surface area contributed by atoms with Gasteiger partial charge < -0.3 is 15.0 Å². The van der Waals surface area contributed by atoms with E-state index < -0.39 is 16.5 Å². The normalized spacial score (nSPS) is 11.3. The molecule has 0 amide bonds. The number of nitro groups is 1. The highest BCUT2D eigenvalue weighted by molar-refractivity contribution is 5.90. The number of anilines is 2. The van der Waals surface area contributed by atoms with Crippen molar-refractivity contribution in [1.29, 1.82) is 0 Å². The number of nitro benzene ring substituents is 1. The Morgan fingerprint density at radius 3 is 2.30 bits per heavy atom. The summed E-state index contributed by atoms with van der Waals surface area (Å²) >= 11 is 0. The van der Waals surface area contributed by atoms with Gasteiger partial charge in [-0.15, -0.1) is 0 Å². The van der Waals surface area contributed by atoms with Gasteiger partial charge >= 0.3 is 5.97 Å². The average molecular weight is 371 g/mol. The van der Waals surface area contributed by atoms with E-state index in [1.54, 1.807) is 57.2 Å². The molecule has 0 aliphatic heterocycles. The number of carbonyl (C=O) groups excluding carboxylic acids is 1. The molecular formula is C20H25N3O4. The minimum Gasteiger partial charge on any atom is -0.456 e. The summed E-state index contributed by atoms with van der Waals surface area (Å²) in [5.74, 6) is -0.409. The van der Waals surface area contributed by atoms with Gasteiger partial charge in [0.05, 0.1) is 10.5 Å². The third kappa shape index (κ3) is 6.07. The van der Waals surface area contributed by atoms with Crippen LogP contribution in [0.4, 0.5) is 17.1 Å². The summed E-state index contributed by atoms with van der Waals surface area (Å²) in [5, 5.41) is 14.5. The topological polar surface area (TPSA) is 84.7 Å². The Morgan fingerprint density at radius 1 is 1.15 bits per heavy atom. The molecule has 0 aliphatic rings. The number of rotatable bonds is 6. The van der Waals surface area contributed by atoms with Gasteiger partial charge in [0.25, 0.3) is 5.69 Å². The van der Waals surface area contributed by atoms with Crippen molar-refractivity contribution in [2.75, 3.05) is 19.4 Å². The van der Waals surface area contributed by atoms with Crippen molar-refractivity contribution in [3.05, 3.63) is 63.7 Å². The molecule has 0 aromatic heterocycles. The SMILES string of the molecule is CN(C)Cc1ccc(Nc2ccc(C(=O)OC(C)(C)C)cc2)c([N+](=O)[O-])c1. The molecule has 0 radical (unpaired) electrons. The largest absolute Gasteiger partial charge is 0.456 e. The minimum absolute atomic E-state index is 0.00516. The molecule has 7 heteroatoms. The summed E-state index contributed by atoms with van der Waals surface area (Å²) in [7, 11) is 3.81. The first-order chi connectivity index (χ1) is 12.5. The van der Waals surface area contributed by atoms with Crippen LogP contribution in [0.3, 0.4) is 0 Å². The fraction of sp³-hybridized carbons (Fsp3) is 0.350. The molecule has 2 aromatic rings. The highest BCUT2D eigenvalue weighted by atomic mass is 16.6. The highest BCUT2D eigenvalue weighted by Crippen LogP contribution is 2.29. The number of hydrogen-bond acceptors (Lipinski definition) is 6. The van der Waals surface area contributed by atoms with Crippen LogP contribution in [-0.2, 0) is 11.3 Å². The van der Waals surface area contributed by atoms with Gasteiger partial charge in [-0.3, -0.25) is 10.1 Å². The van der Waals surface area contributed by atoms with Gasteiger partial charge in [-0.25, -0.2) is 4.79 Å². The van der Waals surface area contributed by atoms with Crippen molar-refractivity contribution in [3.8, 4) is 0 Å². The molecule has 1 N–H and O–H groups in total. The Morgan fingerprint density at radius 2 is 1.78 bits per heavy atom. The molecule has 0 fully saturated rings. The van der Waals surface area contributed by atoms with Crippen LogP contribution in [0.1, 0.15) is 36.7 Å². The summed E-state index contributed by atoms with van der Waals surface area (Å²) in [6, 6.07) is 11.7. The maximum absolute atomic E-state index is 12.1. The first kappa shape index (κ1) is 20.4. The average Bonchev–Trinajstić information content (AvgIpc) is 2.54. The molecular weight excluding hydrogens is 346 g/mol. The van der Waals surface area contributed by atoms with E-state index in [1.165, 1.54) is 0 Å². The number of nitrogens with one attached hydrogen (secondary N) is 1. The fourth-order valence-corrected chi connectivity index (χ4v) is 2.48. The Kier molecular flexibility index (Phi) is 6.17. The van der Waals surface area contributed by atoms with E-state index in [1.807, 2.05) is 25.1 Å². The number of carbonyl (C=O) groups is 1. The highest BCUT2D eigenvalue weighted by Gasteiger charge is 2.18. The zero-order valence-electron chi connectivity index (χ0n) is 16.3. The molecule has 0 bridgehead atoms. The quantitative estimate of drug-likeness (QED) is 0.461. The summed E-state index contributed by atoms with van der Waals surface area (Å²) in [5.41, 5.74) is 1.76. The molecule has 27 heavy (non-hydrogen) atoms. The Labute approximate surface area is 159 Å². The smallest absolute Gasteiger partial charge is 0.338 e. The van der Waals surface area contributed by atoms with Crippen LogP contribution in [-0.4, -0.2) is 35.5 Å². The zero-order valence-corrected chi connectivity index (χ0v) is 16.3. The third-order valence-corrected chi connectivity index (χ3v) is 3.56. The monoisotopic (exact) mass is 371 g/mol. The summed E-state index contributed by atoms with van der Waals surface area (Å²) in [6.07, 6.45) is 0. The van der Waals surface area contributed by atoms with E-state index in [4.69, 9.17) is 4.74 Å². The van der Waals surface area contributed by atoms with Crippen LogP contribution in [0.15, 0.2) is 42.5 Å². The van der Waals surface area contributed by atoms with Gasteiger partial charge in [0.2, 0.25) is 0 Å². The van der Waals surface area contributed by atoms with Gasteiger partial charge in [0, 0.05) is 18.3 Å². The maximum atomic E-state index is 12.1. The fourth-order valence-electron chi connectivity index (χ4n) is 2.48. The number of esters is 1. The van der Waals surface area contributed by atoms with Gasteiger partial charge in [0.1, 0.15) is 11.3 Å². The number of hydrogen-bond donors (Lipinski definition) is 1. The van der Waals surface area contributed by atoms with Crippen LogP contribution in [0, 0.1) is 10.1 Å². The minimum atomic E-state index is -0.567. The van der Waals surface area contributed by atoms with E-state index in [-0.39, 0.29) is 5.69 Å². The van der Waals surface area contributed by atoms with Crippen molar-refractivity contribution in [2.45, 2.75) is 32.9 Å². The third-order valence-electron chi connectivity index (χ3n) is 3.56. The lowest BCUT2D eigenvalue weighted by molar-refractivity contribution is -0.384. The van der Waals surface area contributed by atoms with Crippen LogP contribution in [0.5, 0.6) is 0 Å². The van der Waals surface area contributed by atoms with E-state index in [0.29, 0.717) is 23.5 Å². The predicted molar refractivity (Wildman–Crippen MR) is 105 cm³/mol. The number of nitrogens with zero attached hydrogens (tertiary/aromatic N) is 2. The molecule has 0 spiro atoms. The summed E-state index contributed by atoms with van der Waals surface area (Å²) in [4.78, 5) is 25.0. The van der Waals surface area contributed by atoms with E-state index in [9.17, 15) is 14.9 Å². The molecule has 0 saturated carbocycles. The molecule has 7 nitrogen and oxygen atoms in total. The molecule has 0 aliphatic carbocycles. The lowest BCUT2D eigenvalue weighted by atomic mass is 10.1. The van der Waals surface area contributed by atoms with Gasteiger partial charge in [-0.1, -0.05) is 6.07 Å². The molecule has 0 heterocycles. The second kappa shape index (κ2) is 8.18. The van der Waals surface area contributed by atoms with Crippen LogP contribution in [0.25, 0.3) is 0 Å². The second-order valence-electron chi connectivity index (χ2n) is 7.55. The van der Waals surface area contributed by atoms with Crippen LogP contribution >= 0.6 is 0 Å². The van der Waals surface area contributed by atoms with E-state index >= 15 is 0 Å². The van der Waals surface area contributed by atoms with E-state index in [0.717, 1.165) is 5.56 Å². The summed E-state index contributed by atoms with van der Waals surface area (Å²) in [6.45, 7) is 6.03. The zero-order chi connectivity index (χ0) is 20.2. The van der Waals surface area contributed by atoms with E-state index in [2.05, 4.69) is 5.32 Å². The van der Waals surface area contributed by atoms with Gasteiger partial charge in [-0.2, -0.15) is 0 Å². The standard InChI is InChI=1S/C20H25N3O4/c1-20(2,3)27-19(24)15-7-9-16(10-8-15)21-17-11-6-14(13-22(4)5)12-18(17)23(25)26/h6-12,21H,13H2,1-5H3. The second-order valence-corrected chi connectivity index (χ2v) is 7.55.